The smallest absolute Gasteiger partial charge is 0.240 e. The van der Waals surface area contributed by atoms with Crippen molar-refractivity contribution >= 4 is 37.3 Å². The average Bonchev–Trinajstić information content (AvgIpc) is 2.82. The molecule has 0 bridgehead atoms. The molecule has 108 valence electrons. The predicted octanol–water partition coefficient (Wildman–Crippen LogP) is 3.01. The van der Waals surface area contributed by atoms with Crippen molar-refractivity contribution in [3.63, 3.8) is 0 Å². The molecule has 1 atom stereocenters. The van der Waals surface area contributed by atoms with E-state index < -0.39 is 10.0 Å². The maximum atomic E-state index is 12.2. The van der Waals surface area contributed by atoms with Crippen molar-refractivity contribution < 1.29 is 8.42 Å². The van der Waals surface area contributed by atoms with Gasteiger partial charge in [0.1, 0.15) is 0 Å². The number of thiophene rings is 1. The van der Waals surface area contributed by atoms with Crippen molar-refractivity contribution in [1.82, 2.24) is 4.72 Å². The van der Waals surface area contributed by atoms with E-state index in [1.165, 1.54) is 11.3 Å². The molecule has 1 aromatic carbocycles. The molecule has 0 amide bonds. The summed E-state index contributed by atoms with van der Waals surface area (Å²) in [4.78, 5) is 1.19. The molecule has 2 aromatic rings. The van der Waals surface area contributed by atoms with E-state index in [0.717, 1.165) is 14.2 Å². The van der Waals surface area contributed by atoms with Crippen LogP contribution in [0.2, 0.25) is 0 Å². The summed E-state index contributed by atoms with van der Waals surface area (Å²) in [5.74, 6) is 0. The van der Waals surface area contributed by atoms with Gasteiger partial charge in [0.25, 0.3) is 0 Å². The van der Waals surface area contributed by atoms with Gasteiger partial charge in [-0.25, -0.2) is 13.1 Å². The van der Waals surface area contributed by atoms with Crippen LogP contribution in [0.3, 0.4) is 0 Å². The number of nitrogens with two attached hydrogens (primary N) is 1. The summed E-state index contributed by atoms with van der Waals surface area (Å²) in [5.41, 5.74) is 6.57. The summed E-state index contributed by atoms with van der Waals surface area (Å²) in [5, 5.41) is 0. The summed E-state index contributed by atoms with van der Waals surface area (Å²) >= 11 is 4.85. The molecule has 1 unspecified atom stereocenters. The van der Waals surface area contributed by atoms with Crippen LogP contribution >= 0.6 is 27.3 Å². The summed E-state index contributed by atoms with van der Waals surface area (Å²) in [7, 11) is -3.52. The average molecular weight is 375 g/mol. The Hall–Kier alpha value is -0.730. The third kappa shape index (κ3) is 3.89. The van der Waals surface area contributed by atoms with E-state index >= 15 is 0 Å². The van der Waals surface area contributed by atoms with Crippen LogP contribution in [0.15, 0.2) is 45.1 Å². The molecular weight excluding hydrogens is 360 g/mol. The molecule has 7 heteroatoms. The molecule has 0 aliphatic rings. The molecule has 4 nitrogen and oxygen atoms in total. The minimum absolute atomic E-state index is 0.196. The maximum absolute atomic E-state index is 12.2. The predicted molar refractivity (Wildman–Crippen MR) is 85.1 cm³/mol. The first-order valence-corrected chi connectivity index (χ1v) is 9.07. The van der Waals surface area contributed by atoms with Gasteiger partial charge in [0.05, 0.1) is 8.68 Å². The fourth-order valence-corrected chi connectivity index (χ4v) is 4.24. The number of nitrogens with one attached hydrogen (secondary N) is 1. The highest BCUT2D eigenvalue weighted by atomic mass is 79.9. The van der Waals surface area contributed by atoms with E-state index in [1.807, 2.05) is 25.1 Å². The van der Waals surface area contributed by atoms with E-state index in [-0.39, 0.29) is 17.5 Å². The third-order valence-corrected chi connectivity index (χ3v) is 5.78. The first-order valence-electron chi connectivity index (χ1n) is 5.98. The van der Waals surface area contributed by atoms with Gasteiger partial charge >= 0.3 is 0 Å². The van der Waals surface area contributed by atoms with Gasteiger partial charge in [-0.15, -0.1) is 11.3 Å². The van der Waals surface area contributed by atoms with Gasteiger partial charge in [0.2, 0.25) is 10.0 Å². The van der Waals surface area contributed by atoms with Crippen molar-refractivity contribution in [2.45, 2.75) is 24.4 Å². The SMILES string of the molecule is CC(N)c1cccc(S(=O)(=O)NCc2ccc(Br)s2)c1. The molecule has 1 aromatic heterocycles. The monoisotopic (exact) mass is 374 g/mol. The Morgan fingerprint density at radius 1 is 1.35 bits per heavy atom. The zero-order valence-corrected chi connectivity index (χ0v) is 14.1. The van der Waals surface area contributed by atoms with Crippen molar-refractivity contribution in [3.05, 3.63) is 50.6 Å². The Bertz CT molecular complexity index is 696. The summed E-state index contributed by atoms with van der Waals surface area (Å²) in [6.07, 6.45) is 0. The zero-order chi connectivity index (χ0) is 14.8. The summed E-state index contributed by atoms with van der Waals surface area (Å²) in [6, 6.07) is 10.3. The van der Waals surface area contributed by atoms with E-state index in [2.05, 4.69) is 20.7 Å². The molecule has 1 heterocycles. The van der Waals surface area contributed by atoms with Gasteiger partial charge in [-0.3, -0.25) is 0 Å². The molecular formula is C13H15BrN2O2S2. The highest BCUT2D eigenvalue weighted by Crippen LogP contribution is 2.22. The quantitative estimate of drug-likeness (QED) is 0.844. The maximum Gasteiger partial charge on any atom is 0.240 e. The number of rotatable bonds is 5. The lowest BCUT2D eigenvalue weighted by Gasteiger charge is -2.09. The number of benzene rings is 1. The summed E-state index contributed by atoms with van der Waals surface area (Å²) < 4.78 is 28.0. The van der Waals surface area contributed by atoms with Crippen LogP contribution in [0, 0.1) is 0 Å². The molecule has 0 fully saturated rings. The molecule has 0 saturated carbocycles. The summed E-state index contributed by atoms with van der Waals surface area (Å²) in [6.45, 7) is 2.10. The highest BCUT2D eigenvalue weighted by molar-refractivity contribution is 9.11. The largest absolute Gasteiger partial charge is 0.324 e. The minimum Gasteiger partial charge on any atom is -0.324 e. The fourth-order valence-electron chi connectivity index (χ4n) is 1.66. The highest BCUT2D eigenvalue weighted by Gasteiger charge is 2.15. The Labute approximate surface area is 131 Å². The van der Waals surface area contributed by atoms with E-state index in [1.54, 1.807) is 18.2 Å². The Kier molecular flexibility index (Phi) is 4.98. The lowest BCUT2D eigenvalue weighted by Crippen LogP contribution is -2.23. The normalized spacial score (nSPS) is 13.3. The molecule has 0 spiro atoms. The van der Waals surface area contributed by atoms with Crippen LogP contribution in [0.25, 0.3) is 0 Å². The standard InChI is InChI=1S/C13H15BrN2O2S2/c1-9(15)10-3-2-4-12(7-10)20(17,18)16-8-11-5-6-13(14)19-11/h2-7,9,16H,8,15H2,1H3. The van der Waals surface area contributed by atoms with Crippen molar-refractivity contribution in [1.29, 1.82) is 0 Å². The fraction of sp³-hybridized carbons (Fsp3) is 0.231. The number of sulfonamides is 1. The van der Waals surface area contributed by atoms with E-state index in [9.17, 15) is 8.42 Å². The molecule has 2 rings (SSSR count). The second kappa shape index (κ2) is 6.36. The molecule has 0 radical (unpaired) electrons. The molecule has 3 N–H and O–H groups in total. The molecule has 20 heavy (non-hydrogen) atoms. The first-order chi connectivity index (χ1) is 9.38. The van der Waals surface area contributed by atoms with Crippen molar-refractivity contribution in [2.75, 3.05) is 0 Å². The van der Waals surface area contributed by atoms with Gasteiger partial charge < -0.3 is 5.73 Å². The van der Waals surface area contributed by atoms with Gasteiger partial charge in [0, 0.05) is 17.5 Å². The Morgan fingerprint density at radius 2 is 2.10 bits per heavy atom. The van der Waals surface area contributed by atoms with Crippen LogP contribution in [0.5, 0.6) is 0 Å². The number of hydrogen-bond donors (Lipinski definition) is 2. The second-order valence-corrected chi connectivity index (χ2v) is 8.71. The van der Waals surface area contributed by atoms with E-state index in [4.69, 9.17) is 5.73 Å². The van der Waals surface area contributed by atoms with Gasteiger partial charge in [-0.05, 0) is 52.7 Å². The van der Waals surface area contributed by atoms with Gasteiger partial charge in [-0.2, -0.15) is 0 Å². The first kappa shape index (κ1) is 15.7. The topological polar surface area (TPSA) is 72.2 Å². The number of hydrogen-bond acceptors (Lipinski definition) is 4. The van der Waals surface area contributed by atoms with Crippen LogP contribution < -0.4 is 10.5 Å². The second-order valence-electron chi connectivity index (χ2n) is 4.39. The van der Waals surface area contributed by atoms with Gasteiger partial charge in [0.15, 0.2) is 0 Å². The molecule has 0 aliphatic heterocycles. The minimum atomic E-state index is -3.52. The number of halogens is 1. The van der Waals surface area contributed by atoms with Gasteiger partial charge in [-0.1, -0.05) is 12.1 Å². The van der Waals surface area contributed by atoms with Crippen LogP contribution in [0.4, 0.5) is 0 Å². The third-order valence-electron chi connectivity index (χ3n) is 2.76. The zero-order valence-electron chi connectivity index (χ0n) is 10.8. The lowest BCUT2D eigenvalue weighted by atomic mass is 10.1. The van der Waals surface area contributed by atoms with Crippen LogP contribution in [-0.2, 0) is 16.6 Å². The molecule has 0 aliphatic carbocycles. The van der Waals surface area contributed by atoms with Crippen molar-refractivity contribution in [3.8, 4) is 0 Å². The lowest BCUT2D eigenvalue weighted by molar-refractivity contribution is 0.581. The Morgan fingerprint density at radius 3 is 2.70 bits per heavy atom. The van der Waals surface area contributed by atoms with Crippen LogP contribution in [-0.4, -0.2) is 8.42 Å². The van der Waals surface area contributed by atoms with E-state index in [0.29, 0.717) is 0 Å². The van der Waals surface area contributed by atoms with Crippen LogP contribution in [0.1, 0.15) is 23.4 Å². The molecule has 0 saturated heterocycles. The van der Waals surface area contributed by atoms with Crippen molar-refractivity contribution in [2.24, 2.45) is 5.73 Å². The Balaban J connectivity index is 2.15.